The van der Waals surface area contributed by atoms with Crippen LogP contribution in [0.2, 0.25) is 5.02 Å². The summed E-state index contributed by atoms with van der Waals surface area (Å²) in [5, 5.41) is 3.17. The van der Waals surface area contributed by atoms with Crippen LogP contribution in [-0.4, -0.2) is 78.4 Å². The number of nitrogens with zero attached hydrogens (tertiary/aromatic N) is 5. The lowest BCUT2D eigenvalue weighted by Crippen LogP contribution is -2.49. The number of carbonyl (C=O) groups excluding carboxylic acids is 2. The zero-order valence-corrected chi connectivity index (χ0v) is 20.8. The van der Waals surface area contributed by atoms with E-state index in [1.165, 1.54) is 11.3 Å². The molecule has 3 heterocycles. The van der Waals surface area contributed by atoms with Gasteiger partial charge in [-0.05, 0) is 26.2 Å². The Morgan fingerprint density at radius 1 is 1.15 bits per heavy atom. The largest absolute Gasteiger partial charge is 0.367 e. The number of hydrogen-bond donors (Lipinski definition) is 1. The average molecular weight is 499 g/mol. The van der Waals surface area contributed by atoms with E-state index in [-0.39, 0.29) is 11.6 Å². The fourth-order valence-electron chi connectivity index (χ4n) is 3.87. The summed E-state index contributed by atoms with van der Waals surface area (Å²) >= 11 is 7.75. The number of rotatable bonds is 7. The molecule has 10 heteroatoms. The van der Waals surface area contributed by atoms with Crippen molar-refractivity contribution >= 4 is 40.4 Å². The zero-order chi connectivity index (χ0) is 24.2. The van der Waals surface area contributed by atoms with Crippen molar-refractivity contribution in [1.29, 1.82) is 0 Å². The second-order valence-corrected chi connectivity index (χ2v) is 9.66. The highest BCUT2D eigenvalue weighted by Gasteiger charge is 2.23. The predicted molar refractivity (Wildman–Crippen MR) is 136 cm³/mol. The quantitative estimate of drug-likeness (QED) is 0.537. The van der Waals surface area contributed by atoms with Crippen LogP contribution in [0.25, 0.3) is 21.8 Å². The summed E-state index contributed by atoms with van der Waals surface area (Å²) in [7, 11) is 3.93. The van der Waals surface area contributed by atoms with E-state index in [9.17, 15) is 9.59 Å². The molecule has 4 rings (SSSR count). The molecule has 2 N–H and O–H groups in total. The number of amides is 2. The van der Waals surface area contributed by atoms with Gasteiger partial charge < -0.3 is 20.4 Å². The Bertz CT molecular complexity index is 1190. The lowest BCUT2D eigenvalue weighted by Gasteiger charge is -2.36. The maximum Gasteiger partial charge on any atom is 0.268 e. The Hall–Kier alpha value is -3.01. The number of carbonyl (C=O) groups is 2. The van der Waals surface area contributed by atoms with E-state index in [0.29, 0.717) is 48.2 Å². The van der Waals surface area contributed by atoms with Crippen molar-refractivity contribution in [2.75, 3.05) is 51.7 Å². The van der Waals surface area contributed by atoms with Gasteiger partial charge in [0.15, 0.2) is 0 Å². The summed E-state index contributed by atoms with van der Waals surface area (Å²) < 4.78 is 0. The van der Waals surface area contributed by atoms with E-state index in [4.69, 9.17) is 22.3 Å². The Kier molecular flexibility index (Phi) is 7.45. The average Bonchev–Trinajstić information content (AvgIpc) is 3.32. The highest BCUT2D eigenvalue weighted by atomic mass is 35.5. The van der Waals surface area contributed by atoms with Gasteiger partial charge in [-0.1, -0.05) is 29.8 Å². The van der Waals surface area contributed by atoms with Gasteiger partial charge in [0.2, 0.25) is 5.91 Å². The van der Waals surface area contributed by atoms with Crippen molar-refractivity contribution in [3.8, 4) is 21.8 Å². The molecule has 0 unspecified atom stereocenters. The Morgan fingerprint density at radius 3 is 2.56 bits per heavy atom. The summed E-state index contributed by atoms with van der Waals surface area (Å²) in [6.45, 7) is 3.41. The molecule has 1 aliphatic rings. The summed E-state index contributed by atoms with van der Waals surface area (Å²) in [5.74, 6) is -0.432. The molecule has 0 radical (unpaired) electrons. The molecule has 0 saturated carbocycles. The van der Waals surface area contributed by atoms with E-state index in [1.807, 2.05) is 59.6 Å². The Balaban J connectivity index is 1.54. The van der Waals surface area contributed by atoms with E-state index in [1.54, 1.807) is 6.20 Å². The van der Waals surface area contributed by atoms with E-state index in [2.05, 4.69) is 9.88 Å². The lowest BCUT2D eigenvalue weighted by atomic mass is 10.1. The monoisotopic (exact) mass is 498 g/mol. The van der Waals surface area contributed by atoms with Crippen LogP contribution in [-0.2, 0) is 4.79 Å². The standard InChI is InChI=1S/C24H27ClN6O2S/c1-29(2)8-7-21(32)31-11-9-30(10-12-31)16-13-18(22(23(26)33)27-14-16)24-28-20(15-34-24)17-5-3-4-6-19(17)25/h3-6,13-15H,7-12H2,1-2H3,(H2,26,33). The second kappa shape index (κ2) is 10.5. The van der Waals surface area contributed by atoms with E-state index < -0.39 is 5.91 Å². The highest BCUT2D eigenvalue weighted by Crippen LogP contribution is 2.35. The Labute approximate surface area is 208 Å². The zero-order valence-electron chi connectivity index (χ0n) is 19.2. The van der Waals surface area contributed by atoms with Crippen LogP contribution >= 0.6 is 22.9 Å². The summed E-state index contributed by atoms with van der Waals surface area (Å²) in [6.07, 6.45) is 2.18. The van der Waals surface area contributed by atoms with Gasteiger partial charge in [-0.3, -0.25) is 9.59 Å². The molecule has 0 bridgehead atoms. The molecule has 3 aromatic rings. The number of pyridine rings is 1. The number of benzene rings is 1. The van der Waals surface area contributed by atoms with Crippen molar-refractivity contribution in [2.24, 2.45) is 5.73 Å². The van der Waals surface area contributed by atoms with E-state index >= 15 is 0 Å². The third-order valence-corrected chi connectivity index (χ3v) is 6.97. The molecule has 2 amide bonds. The normalized spacial score (nSPS) is 14.0. The molecule has 1 aromatic carbocycles. The highest BCUT2D eigenvalue weighted by molar-refractivity contribution is 7.13. The SMILES string of the molecule is CN(C)CCC(=O)N1CCN(c2cnc(C(N)=O)c(-c3nc(-c4ccccc4Cl)cs3)c2)CC1. The molecule has 0 spiro atoms. The number of nitrogens with two attached hydrogens (primary N) is 1. The Morgan fingerprint density at radius 2 is 1.88 bits per heavy atom. The first-order valence-corrected chi connectivity index (χ1v) is 12.3. The molecular weight excluding hydrogens is 472 g/mol. The number of halogens is 1. The third-order valence-electron chi connectivity index (χ3n) is 5.76. The van der Waals surface area contributed by atoms with Crippen LogP contribution < -0.4 is 10.6 Å². The smallest absolute Gasteiger partial charge is 0.268 e. The van der Waals surface area contributed by atoms with Gasteiger partial charge in [0.05, 0.1) is 17.6 Å². The minimum absolute atomic E-state index is 0.172. The molecule has 8 nitrogen and oxygen atoms in total. The van der Waals surface area contributed by atoms with Crippen LogP contribution in [0.5, 0.6) is 0 Å². The minimum Gasteiger partial charge on any atom is -0.367 e. The summed E-state index contributed by atoms with van der Waals surface area (Å²) in [4.78, 5) is 39.7. The van der Waals surface area contributed by atoms with Gasteiger partial charge in [-0.2, -0.15) is 0 Å². The number of primary amides is 1. The molecule has 34 heavy (non-hydrogen) atoms. The fourth-order valence-corrected chi connectivity index (χ4v) is 4.94. The molecule has 178 valence electrons. The molecule has 0 atom stereocenters. The number of aromatic nitrogens is 2. The number of anilines is 1. The van der Waals surface area contributed by atoms with Crippen LogP contribution in [0.4, 0.5) is 5.69 Å². The topological polar surface area (TPSA) is 95.7 Å². The van der Waals surface area contributed by atoms with Crippen LogP contribution in [0.15, 0.2) is 41.9 Å². The van der Waals surface area contributed by atoms with Crippen molar-refractivity contribution in [3.63, 3.8) is 0 Å². The fraction of sp³-hybridized carbons (Fsp3) is 0.333. The lowest BCUT2D eigenvalue weighted by molar-refractivity contribution is -0.131. The van der Waals surface area contributed by atoms with Crippen LogP contribution in [0, 0.1) is 0 Å². The molecule has 1 aliphatic heterocycles. The first-order chi connectivity index (χ1) is 16.3. The van der Waals surface area contributed by atoms with Gasteiger partial charge >= 0.3 is 0 Å². The van der Waals surface area contributed by atoms with Gasteiger partial charge in [0.1, 0.15) is 10.7 Å². The molecule has 1 saturated heterocycles. The second-order valence-electron chi connectivity index (χ2n) is 8.39. The molecule has 0 aliphatic carbocycles. The van der Waals surface area contributed by atoms with Crippen molar-refractivity contribution < 1.29 is 9.59 Å². The summed E-state index contributed by atoms with van der Waals surface area (Å²) in [6, 6.07) is 9.41. The van der Waals surface area contributed by atoms with Crippen LogP contribution in [0.3, 0.4) is 0 Å². The molecule has 1 fully saturated rings. The van der Waals surface area contributed by atoms with Crippen molar-refractivity contribution in [3.05, 3.63) is 52.6 Å². The van der Waals surface area contributed by atoms with Gasteiger partial charge in [-0.25, -0.2) is 9.97 Å². The maximum atomic E-state index is 12.4. The van der Waals surface area contributed by atoms with E-state index in [0.717, 1.165) is 23.5 Å². The molecular formula is C24H27ClN6O2S. The first-order valence-electron chi connectivity index (χ1n) is 11.0. The van der Waals surface area contributed by atoms with Crippen LogP contribution in [0.1, 0.15) is 16.9 Å². The van der Waals surface area contributed by atoms with Crippen molar-refractivity contribution in [2.45, 2.75) is 6.42 Å². The predicted octanol–water partition coefficient (Wildman–Crippen LogP) is 3.22. The van der Waals surface area contributed by atoms with Gasteiger partial charge in [0, 0.05) is 60.7 Å². The number of hydrogen-bond acceptors (Lipinski definition) is 7. The minimum atomic E-state index is -0.604. The van der Waals surface area contributed by atoms with Gasteiger partial charge in [-0.15, -0.1) is 11.3 Å². The van der Waals surface area contributed by atoms with Gasteiger partial charge in [0.25, 0.3) is 5.91 Å². The first kappa shape index (κ1) is 24.1. The summed E-state index contributed by atoms with van der Waals surface area (Å²) in [5.41, 5.74) is 8.82. The molecule has 2 aromatic heterocycles. The third kappa shape index (κ3) is 5.38. The number of piperazine rings is 1. The maximum absolute atomic E-state index is 12.4. The van der Waals surface area contributed by atoms with Crippen molar-refractivity contribution in [1.82, 2.24) is 19.8 Å². The number of thiazole rings is 1.